The molecule has 4 heteroatoms. The lowest BCUT2D eigenvalue weighted by atomic mass is 10.1. The maximum atomic E-state index is 11.8. The Morgan fingerprint density at radius 2 is 1.72 bits per heavy atom. The smallest absolute Gasteiger partial charge is 0.242 e. The van der Waals surface area contributed by atoms with E-state index in [1.807, 2.05) is 6.26 Å². The highest BCUT2D eigenvalue weighted by molar-refractivity contribution is 8.00. The number of thioether (sulfide) groups is 1. The van der Waals surface area contributed by atoms with Gasteiger partial charge in [-0.25, -0.2) is 0 Å². The van der Waals surface area contributed by atoms with E-state index in [0.717, 1.165) is 12.8 Å². The van der Waals surface area contributed by atoms with Crippen LogP contribution >= 0.6 is 11.8 Å². The van der Waals surface area contributed by atoms with Crippen LogP contribution in [0.4, 0.5) is 0 Å². The molecule has 1 aliphatic rings. The molecule has 0 N–H and O–H groups in total. The highest BCUT2D eigenvalue weighted by Crippen LogP contribution is 2.23. The molecule has 0 aromatic heterocycles. The van der Waals surface area contributed by atoms with Crippen molar-refractivity contribution in [2.75, 3.05) is 12.8 Å². The molecular formula is C14H25NO2S. The second-order valence-corrected chi connectivity index (χ2v) is 5.97. The van der Waals surface area contributed by atoms with Crippen LogP contribution in [0.25, 0.3) is 0 Å². The second kappa shape index (κ2) is 8.57. The summed E-state index contributed by atoms with van der Waals surface area (Å²) in [4.78, 5) is 25.0. The minimum Gasteiger partial charge on any atom is -0.282 e. The number of carbonyl (C=O) groups excluding carboxylic acids is 2. The molecule has 1 fully saturated rings. The van der Waals surface area contributed by atoms with Crippen molar-refractivity contribution in [3.8, 4) is 0 Å². The zero-order valence-corrected chi connectivity index (χ0v) is 12.4. The number of hydrogen-bond donors (Lipinski definition) is 0. The molecule has 0 aromatic carbocycles. The fourth-order valence-electron chi connectivity index (χ4n) is 2.30. The molecule has 0 bridgehead atoms. The molecule has 1 unspecified atom stereocenters. The number of likely N-dealkylation sites (tertiary alicyclic amines) is 1. The Labute approximate surface area is 115 Å². The quantitative estimate of drug-likeness (QED) is 0.477. The van der Waals surface area contributed by atoms with Crippen molar-refractivity contribution in [1.82, 2.24) is 4.90 Å². The summed E-state index contributed by atoms with van der Waals surface area (Å²) in [7, 11) is 0. The molecule has 1 saturated heterocycles. The third-order valence-electron chi connectivity index (χ3n) is 3.47. The van der Waals surface area contributed by atoms with Gasteiger partial charge in [0.25, 0.3) is 0 Å². The number of hydrogen-bond acceptors (Lipinski definition) is 3. The average molecular weight is 271 g/mol. The molecule has 1 atom stereocenters. The minimum absolute atomic E-state index is 0.0188. The number of imide groups is 1. The van der Waals surface area contributed by atoms with Gasteiger partial charge >= 0.3 is 0 Å². The molecule has 0 radical (unpaired) electrons. The van der Waals surface area contributed by atoms with E-state index in [4.69, 9.17) is 0 Å². The van der Waals surface area contributed by atoms with E-state index in [1.165, 1.54) is 48.8 Å². The Bertz CT molecular complexity index is 281. The van der Waals surface area contributed by atoms with Crippen LogP contribution in [0.15, 0.2) is 0 Å². The van der Waals surface area contributed by atoms with Crippen molar-refractivity contribution < 1.29 is 9.59 Å². The Hall–Kier alpha value is -0.510. The largest absolute Gasteiger partial charge is 0.282 e. The van der Waals surface area contributed by atoms with Crippen molar-refractivity contribution in [3.05, 3.63) is 0 Å². The lowest BCUT2D eigenvalue weighted by Gasteiger charge is -2.14. The molecule has 3 nitrogen and oxygen atoms in total. The highest BCUT2D eigenvalue weighted by atomic mass is 32.2. The van der Waals surface area contributed by atoms with Crippen LogP contribution in [0.3, 0.4) is 0 Å². The molecule has 18 heavy (non-hydrogen) atoms. The van der Waals surface area contributed by atoms with Gasteiger partial charge in [-0.05, 0) is 12.7 Å². The van der Waals surface area contributed by atoms with E-state index >= 15 is 0 Å². The van der Waals surface area contributed by atoms with Crippen molar-refractivity contribution in [2.45, 2.75) is 63.5 Å². The molecule has 0 aliphatic carbocycles. The van der Waals surface area contributed by atoms with Crippen LogP contribution in [0.2, 0.25) is 0 Å². The van der Waals surface area contributed by atoms with Crippen molar-refractivity contribution in [1.29, 1.82) is 0 Å². The summed E-state index contributed by atoms with van der Waals surface area (Å²) in [5, 5.41) is -0.123. The predicted molar refractivity (Wildman–Crippen MR) is 76.6 cm³/mol. The maximum absolute atomic E-state index is 11.8. The zero-order valence-electron chi connectivity index (χ0n) is 11.6. The summed E-state index contributed by atoms with van der Waals surface area (Å²) in [6.45, 7) is 2.84. The minimum atomic E-state index is -0.123. The third-order valence-corrected chi connectivity index (χ3v) is 4.41. The van der Waals surface area contributed by atoms with Gasteiger partial charge in [0.1, 0.15) is 0 Å². The van der Waals surface area contributed by atoms with Crippen molar-refractivity contribution >= 4 is 23.6 Å². The van der Waals surface area contributed by atoms with Crippen LogP contribution in [0, 0.1) is 0 Å². The summed E-state index contributed by atoms with van der Waals surface area (Å²) in [6.07, 6.45) is 10.8. The van der Waals surface area contributed by atoms with Crippen LogP contribution in [0.5, 0.6) is 0 Å². The Kier molecular flexibility index (Phi) is 7.40. The van der Waals surface area contributed by atoms with Crippen LogP contribution < -0.4 is 0 Å². The highest BCUT2D eigenvalue weighted by Gasteiger charge is 2.37. The summed E-state index contributed by atoms with van der Waals surface area (Å²) in [5.41, 5.74) is 0. The maximum Gasteiger partial charge on any atom is 0.242 e. The standard InChI is InChI=1S/C14H25NO2S/c1-3-4-5-6-7-8-9-10-15-13(16)11-12(18-2)14(15)17/h12H,3-11H2,1-2H3. The van der Waals surface area contributed by atoms with E-state index in [1.54, 1.807) is 0 Å². The van der Waals surface area contributed by atoms with Gasteiger partial charge in [-0.1, -0.05) is 45.4 Å². The van der Waals surface area contributed by atoms with Gasteiger partial charge < -0.3 is 0 Å². The van der Waals surface area contributed by atoms with Gasteiger partial charge in [-0.3, -0.25) is 14.5 Å². The monoisotopic (exact) mass is 271 g/mol. The SMILES string of the molecule is CCCCCCCCCN1C(=O)CC(SC)C1=O. The molecule has 104 valence electrons. The van der Waals surface area contributed by atoms with E-state index in [9.17, 15) is 9.59 Å². The van der Waals surface area contributed by atoms with E-state index in [-0.39, 0.29) is 17.1 Å². The summed E-state index contributed by atoms with van der Waals surface area (Å²) in [5.74, 6) is 0.0452. The lowest BCUT2D eigenvalue weighted by Crippen LogP contribution is -2.32. The fraction of sp³-hybridized carbons (Fsp3) is 0.857. The Morgan fingerprint density at radius 1 is 1.11 bits per heavy atom. The van der Waals surface area contributed by atoms with Gasteiger partial charge in [-0.2, -0.15) is 11.8 Å². The van der Waals surface area contributed by atoms with Gasteiger partial charge in [0.2, 0.25) is 11.8 Å². The second-order valence-electron chi connectivity index (χ2n) is 4.93. The number of carbonyl (C=O) groups is 2. The van der Waals surface area contributed by atoms with Crippen LogP contribution in [0.1, 0.15) is 58.3 Å². The number of nitrogens with zero attached hydrogens (tertiary/aromatic N) is 1. The Balaban J connectivity index is 2.12. The number of unbranched alkanes of at least 4 members (excludes halogenated alkanes) is 6. The zero-order chi connectivity index (χ0) is 13.4. The molecule has 0 saturated carbocycles. The van der Waals surface area contributed by atoms with Gasteiger partial charge in [0.05, 0.1) is 5.25 Å². The first-order valence-electron chi connectivity index (χ1n) is 7.07. The molecule has 1 heterocycles. The predicted octanol–water partition coefficient (Wildman–Crippen LogP) is 3.23. The summed E-state index contributed by atoms with van der Waals surface area (Å²) in [6, 6.07) is 0. The Morgan fingerprint density at radius 3 is 2.28 bits per heavy atom. The van der Waals surface area contributed by atoms with Gasteiger partial charge in [0.15, 0.2) is 0 Å². The van der Waals surface area contributed by atoms with Crippen LogP contribution in [-0.2, 0) is 9.59 Å². The normalized spacial score (nSPS) is 19.9. The van der Waals surface area contributed by atoms with Crippen LogP contribution in [-0.4, -0.2) is 34.8 Å². The summed E-state index contributed by atoms with van der Waals surface area (Å²) < 4.78 is 0. The number of amides is 2. The topological polar surface area (TPSA) is 37.4 Å². The first kappa shape index (κ1) is 15.5. The van der Waals surface area contributed by atoms with E-state index < -0.39 is 0 Å². The third kappa shape index (κ3) is 4.63. The molecule has 0 aromatic rings. The van der Waals surface area contributed by atoms with E-state index in [0.29, 0.717) is 13.0 Å². The molecule has 1 rings (SSSR count). The first-order valence-corrected chi connectivity index (χ1v) is 8.36. The first-order chi connectivity index (χ1) is 8.70. The fourth-order valence-corrected chi connectivity index (χ4v) is 2.94. The molecule has 0 spiro atoms. The van der Waals surface area contributed by atoms with Gasteiger partial charge in [0, 0.05) is 13.0 Å². The van der Waals surface area contributed by atoms with Gasteiger partial charge in [-0.15, -0.1) is 0 Å². The molecule has 2 amide bonds. The number of rotatable bonds is 9. The van der Waals surface area contributed by atoms with E-state index in [2.05, 4.69) is 6.92 Å². The molecular weight excluding hydrogens is 246 g/mol. The lowest BCUT2D eigenvalue weighted by molar-refractivity contribution is -0.138. The van der Waals surface area contributed by atoms with Crippen molar-refractivity contribution in [2.24, 2.45) is 0 Å². The van der Waals surface area contributed by atoms with Crippen molar-refractivity contribution in [3.63, 3.8) is 0 Å². The average Bonchev–Trinajstić information content (AvgIpc) is 2.64. The summed E-state index contributed by atoms with van der Waals surface area (Å²) >= 11 is 1.49. The molecule has 1 aliphatic heterocycles.